The lowest BCUT2D eigenvalue weighted by Crippen LogP contribution is -2.27. The first-order valence-corrected chi connectivity index (χ1v) is 5.71. The van der Waals surface area contributed by atoms with Gasteiger partial charge in [0.1, 0.15) is 0 Å². The zero-order chi connectivity index (χ0) is 9.90. The summed E-state index contributed by atoms with van der Waals surface area (Å²) in [5.41, 5.74) is 0.754. The van der Waals surface area contributed by atoms with Gasteiger partial charge in [0.15, 0.2) is 0 Å². The first-order valence-electron chi connectivity index (χ1n) is 4.16. The highest BCUT2D eigenvalue weighted by molar-refractivity contribution is 7.90. The Hall–Kier alpha value is -0.620. The second kappa shape index (κ2) is 4.06. The Morgan fingerprint density at radius 3 is 2.69 bits per heavy atom. The Kier molecular flexibility index (Phi) is 3.27. The summed E-state index contributed by atoms with van der Waals surface area (Å²) in [6.45, 7) is 4.27. The van der Waals surface area contributed by atoms with Crippen LogP contribution in [0, 0.1) is 0 Å². The topological polar surface area (TPSA) is 67.8 Å². The first-order chi connectivity index (χ1) is 6.02. The number of hydrazone groups is 1. The van der Waals surface area contributed by atoms with Gasteiger partial charge in [0.25, 0.3) is 0 Å². The Balaban J connectivity index is 2.54. The molecule has 1 saturated heterocycles. The van der Waals surface area contributed by atoms with Gasteiger partial charge in [0.2, 0.25) is 10.0 Å². The first kappa shape index (κ1) is 10.5. The van der Waals surface area contributed by atoms with E-state index in [2.05, 4.69) is 9.93 Å². The average Bonchev–Trinajstić information content (AvgIpc) is 2.52. The highest BCUT2D eigenvalue weighted by atomic mass is 32.2. The fourth-order valence-electron chi connectivity index (χ4n) is 0.774. The van der Waals surface area contributed by atoms with Gasteiger partial charge in [-0.3, -0.25) is 0 Å². The zero-order valence-corrected chi connectivity index (χ0v) is 8.60. The Morgan fingerprint density at radius 2 is 2.23 bits per heavy atom. The van der Waals surface area contributed by atoms with Crippen molar-refractivity contribution in [3.8, 4) is 0 Å². The number of hydrogen-bond donors (Lipinski definition) is 1. The molecule has 0 aliphatic carbocycles. The molecule has 76 valence electrons. The molecule has 0 atom stereocenters. The van der Waals surface area contributed by atoms with Crippen LogP contribution in [-0.2, 0) is 14.8 Å². The molecule has 1 aliphatic heterocycles. The minimum Gasteiger partial charge on any atom is -0.375 e. The van der Waals surface area contributed by atoms with Crippen LogP contribution in [-0.4, -0.2) is 32.6 Å². The van der Waals surface area contributed by atoms with Crippen molar-refractivity contribution in [1.29, 1.82) is 0 Å². The molecule has 0 radical (unpaired) electrons. The van der Waals surface area contributed by atoms with Crippen LogP contribution >= 0.6 is 0 Å². The van der Waals surface area contributed by atoms with Gasteiger partial charge >= 0.3 is 0 Å². The maximum absolute atomic E-state index is 11.2. The van der Waals surface area contributed by atoms with Crippen LogP contribution in [0.4, 0.5) is 0 Å². The van der Waals surface area contributed by atoms with Gasteiger partial charge in [-0.25, -0.2) is 13.2 Å². The van der Waals surface area contributed by atoms with E-state index < -0.39 is 15.3 Å². The maximum atomic E-state index is 11.2. The van der Waals surface area contributed by atoms with Gasteiger partial charge in [0.05, 0.1) is 24.2 Å². The van der Waals surface area contributed by atoms with Crippen LogP contribution in [0.1, 0.15) is 20.3 Å². The molecule has 1 rings (SSSR count). The third-order valence-electron chi connectivity index (χ3n) is 1.76. The fraction of sp³-hybridized carbons (Fsp3) is 0.857. The van der Waals surface area contributed by atoms with Gasteiger partial charge < -0.3 is 4.74 Å². The molecule has 1 fully saturated rings. The highest BCUT2D eigenvalue weighted by Gasteiger charge is 2.15. The molecule has 0 aromatic carbocycles. The molecule has 13 heavy (non-hydrogen) atoms. The standard InChI is InChI=1S/C7H14N2O3S/c1-6(2)13(10,11)9-8-7-3-4-12-5-7/h6,9H,3-5H2,1-2H3/b8-7+. The molecule has 0 saturated carbocycles. The fourth-order valence-corrected chi connectivity index (χ4v) is 1.24. The molecule has 0 unspecified atom stereocenters. The van der Waals surface area contributed by atoms with Crippen molar-refractivity contribution in [2.45, 2.75) is 25.5 Å². The van der Waals surface area contributed by atoms with Crippen molar-refractivity contribution in [3.63, 3.8) is 0 Å². The second-order valence-electron chi connectivity index (χ2n) is 3.17. The number of rotatable bonds is 3. The molecule has 1 heterocycles. The Labute approximate surface area is 78.2 Å². The van der Waals surface area contributed by atoms with Crippen LogP contribution < -0.4 is 4.83 Å². The molecular formula is C7H14N2O3S. The summed E-state index contributed by atoms with van der Waals surface area (Å²) in [6, 6.07) is 0. The molecule has 0 aromatic rings. The van der Waals surface area contributed by atoms with Crippen molar-refractivity contribution >= 4 is 15.7 Å². The van der Waals surface area contributed by atoms with Gasteiger partial charge in [-0.05, 0) is 13.8 Å². The number of hydrogen-bond acceptors (Lipinski definition) is 4. The van der Waals surface area contributed by atoms with Crippen molar-refractivity contribution in [1.82, 2.24) is 4.83 Å². The summed E-state index contributed by atoms with van der Waals surface area (Å²) in [7, 11) is -3.28. The van der Waals surface area contributed by atoms with E-state index in [0.29, 0.717) is 19.6 Å². The molecular weight excluding hydrogens is 192 g/mol. The molecule has 0 amide bonds. The van der Waals surface area contributed by atoms with E-state index in [1.54, 1.807) is 13.8 Å². The minimum absolute atomic E-state index is 0.431. The average molecular weight is 206 g/mol. The third kappa shape index (κ3) is 2.96. The van der Waals surface area contributed by atoms with Crippen LogP contribution in [0.25, 0.3) is 0 Å². The summed E-state index contributed by atoms with van der Waals surface area (Å²) >= 11 is 0. The van der Waals surface area contributed by atoms with Crippen molar-refractivity contribution in [3.05, 3.63) is 0 Å². The lowest BCUT2D eigenvalue weighted by atomic mass is 10.3. The van der Waals surface area contributed by atoms with Crippen LogP contribution in [0.2, 0.25) is 0 Å². The van der Waals surface area contributed by atoms with Crippen molar-refractivity contribution in [2.75, 3.05) is 13.2 Å². The van der Waals surface area contributed by atoms with Gasteiger partial charge in [0, 0.05) is 6.42 Å². The van der Waals surface area contributed by atoms with Crippen LogP contribution in [0.3, 0.4) is 0 Å². The monoisotopic (exact) mass is 206 g/mol. The lowest BCUT2D eigenvalue weighted by Gasteiger charge is -2.06. The largest absolute Gasteiger partial charge is 0.375 e. The van der Waals surface area contributed by atoms with E-state index >= 15 is 0 Å². The SMILES string of the molecule is CC(C)S(=O)(=O)N/N=C1\CCOC1. The Bertz CT molecular complexity index is 287. The molecule has 1 aliphatic rings. The van der Waals surface area contributed by atoms with E-state index in [1.165, 1.54) is 0 Å². The molecule has 0 aromatic heterocycles. The zero-order valence-electron chi connectivity index (χ0n) is 7.78. The van der Waals surface area contributed by atoms with E-state index in [-0.39, 0.29) is 0 Å². The Morgan fingerprint density at radius 1 is 1.54 bits per heavy atom. The van der Waals surface area contributed by atoms with E-state index in [9.17, 15) is 8.42 Å². The molecule has 6 heteroatoms. The minimum atomic E-state index is -3.28. The van der Waals surface area contributed by atoms with Gasteiger partial charge in [-0.2, -0.15) is 5.10 Å². The van der Waals surface area contributed by atoms with Crippen molar-refractivity contribution < 1.29 is 13.2 Å². The lowest BCUT2D eigenvalue weighted by molar-refractivity contribution is 0.209. The quantitative estimate of drug-likeness (QED) is 0.665. The second-order valence-corrected chi connectivity index (χ2v) is 5.38. The highest BCUT2D eigenvalue weighted by Crippen LogP contribution is 2.00. The predicted molar refractivity (Wildman–Crippen MR) is 50.1 cm³/mol. The van der Waals surface area contributed by atoms with E-state index in [1.807, 2.05) is 0 Å². The normalized spacial score (nSPS) is 21.3. The molecule has 1 N–H and O–H groups in total. The van der Waals surface area contributed by atoms with E-state index in [0.717, 1.165) is 5.71 Å². The summed E-state index contributed by atoms with van der Waals surface area (Å²) < 4.78 is 27.5. The number of nitrogens with one attached hydrogen (secondary N) is 1. The third-order valence-corrected chi connectivity index (χ3v) is 3.34. The van der Waals surface area contributed by atoms with Gasteiger partial charge in [-0.15, -0.1) is 0 Å². The van der Waals surface area contributed by atoms with E-state index in [4.69, 9.17) is 4.74 Å². The summed E-state index contributed by atoms with van der Waals surface area (Å²) in [5, 5.41) is 3.31. The smallest absolute Gasteiger partial charge is 0.249 e. The summed E-state index contributed by atoms with van der Waals surface area (Å²) in [6.07, 6.45) is 0.709. The number of nitrogens with zero attached hydrogens (tertiary/aromatic N) is 1. The van der Waals surface area contributed by atoms with Crippen LogP contribution in [0.5, 0.6) is 0 Å². The van der Waals surface area contributed by atoms with Crippen molar-refractivity contribution in [2.24, 2.45) is 5.10 Å². The van der Waals surface area contributed by atoms with Crippen LogP contribution in [0.15, 0.2) is 5.10 Å². The number of sulfonamides is 1. The molecule has 0 bridgehead atoms. The molecule has 0 spiro atoms. The van der Waals surface area contributed by atoms with Gasteiger partial charge in [-0.1, -0.05) is 0 Å². The number of ether oxygens (including phenoxy) is 1. The molecule has 5 nitrogen and oxygen atoms in total. The maximum Gasteiger partial charge on any atom is 0.249 e. The summed E-state index contributed by atoms with van der Waals surface area (Å²) in [4.78, 5) is 2.18. The predicted octanol–water partition coefficient (Wildman–Crippen LogP) is 0.0905. The summed E-state index contributed by atoms with van der Waals surface area (Å²) in [5.74, 6) is 0.